The molecule has 0 spiro atoms. The molecule has 0 aromatic carbocycles. The molecule has 4 unspecified atom stereocenters. The molecule has 0 aromatic rings. The van der Waals surface area contributed by atoms with Crippen molar-refractivity contribution in [3.8, 4) is 0 Å². The number of piperidine rings is 2. The van der Waals surface area contributed by atoms with Crippen LogP contribution in [0.2, 0.25) is 0 Å². The Morgan fingerprint density at radius 3 is 2.79 bits per heavy atom. The molecule has 2 saturated heterocycles. The van der Waals surface area contributed by atoms with E-state index in [1.54, 1.807) is 0 Å². The fourth-order valence-corrected chi connectivity index (χ4v) is 3.61. The lowest BCUT2D eigenvalue weighted by Gasteiger charge is -2.39. The van der Waals surface area contributed by atoms with Crippen LogP contribution in [0.3, 0.4) is 0 Å². The lowest BCUT2D eigenvalue weighted by molar-refractivity contribution is -0.137. The van der Waals surface area contributed by atoms with Gasteiger partial charge in [-0.1, -0.05) is 13.8 Å². The smallest absolute Gasteiger partial charge is 0.223 e. The summed E-state index contributed by atoms with van der Waals surface area (Å²) in [6.07, 6.45) is 5.74. The lowest BCUT2D eigenvalue weighted by atomic mass is 9.84. The maximum absolute atomic E-state index is 12.5. The molecule has 0 aromatic heterocycles. The molecule has 0 bridgehead atoms. The number of hydrogen-bond donors (Lipinski definition) is 1. The van der Waals surface area contributed by atoms with Crippen LogP contribution in [0.25, 0.3) is 0 Å². The maximum Gasteiger partial charge on any atom is 0.223 e. The molecular formula is C16H30N2O. The SMILES string of the molecule is CC(CC(=O)N1CCCC(C)C1C)C1CCCNC1. The fourth-order valence-electron chi connectivity index (χ4n) is 3.61. The summed E-state index contributed by atoms with van der Waals surface area (Å²) in [6, 6.07) is 0.429. The highest BCUT2D eigenvalue weighted by Gasteiger charge is 2.30. The number of nitrogens with zero attached hydrogens (tertiary/aromatic N) is 1. The first-order valence-corrected chi connectivity index (χ1v) is 8.09. The first-order valence-electron chi connectivity index (χ1n) is 8.09. The van der Waals surface area contributed by atoms with Crippen LogP contribution in [-0.4, -0.2) is 36.5 Å². The highest BCUT2D eigenvalue weighted by atomic mass is 16.2. The average molecular weight is 266 g/mol. The molecule has 0 aliphatic carbocycles. The molecule has 1 amide bonds. The molecule has 2 rings (SSSR count). The summed E-state index contributed by atoms with van der Waals surface area (Å²) in [5, 5.41) is 3.46. The molecule has 3 heteroatoms. The predicted molar refractivity (Wildman–Crippen MR) is 78.9 cm³/mol. The summed E-state index contributed by atoms with van der Waals surface area (Å²) in [6.45, 7) is 9.97. The van der Waals surface area contributed by atoms with Crippen LogP contribution in [0.5, 0.6) is 0 Å². The Morgan fingerprint density at radius 1 is 1.32 bits per heavy atom. The van der Waals surface area contributed by atoms with E-state index in [9.17, 15) is 4.79 Å². The number of hydrogen-bond acceptors (Lipinski definition) is 2. The zero-order valence-electron chi connectivity index (χ0n) is 12.8. The van der Waals surface area contributed by atoms with Crippen LogP contribution in [0.4, 0.5) is 0 Å². The second-order valence-corrected chi connectivity index (χ2v) is 6.74. The van der Waals surface area contributed by atoms with Crippen molar-refractivity contribution in [2.75, 3.05) is 19.6 Å². The highest BCUT2D eigenvalue weighted by molar-refractivity contribution is 5.76. The largest absolute Gasteiger partial charge is 0.340 e. The quantitative estimate of drug-likeness (QED) is 0.852. The van der Waals surface area contributed by atoms with Crippen LogP contribution in [0, 0.1) is 17.8 Å². The summed E-state index contributed by atoms with van der Waals surface area (Å²) >= 11 is 0. The van der Waals surface area contributed by atoms with Gasteiger partial charge in [-0.05, 0) is 63.5 Å². The van der Waals surface area contributed by atoms with E-state index in [1.807, 2.05) is 0 Å². The van der Waals surface area contributed by atoms with Crippen molar-refractivity contribution >= 4 is 5.91 Å². The van der Waals surface area contributed by atoms with E-state index >= 15 is 0 Å². The molecule has 1 N–H and O–H groups in total. The maximum atomic E-state index is 12.5. The number of rotatable bonds is 3. The van der Waals surface area contributed by atoms with Gasteiger partial charge in [-0.2, -0.15) is 0 Å². The first kappa shape index (κ1) is 14.8. The Balaban J connectivity index is 1.85. The van der Waals surface area contributed by atoms with Gasteiger partial charge in [0.15, 0.2) is 0 Å². The molecule has 0 saturated carbocycles. The van der Waals surface area contributed by atoms with E-state index in [4.69, 9.17) is 0 Å². The van der Waals surface area contributed by atoms with Gasteiger partial charge in [-0.25, -0.2) is 0 Å². The average Bonchev–Trinajstić information content (AvgIpc) is 2.42. The van der Waals surface area contributed by atoms with Crippen molar-refractivity contribution in [3.63, 3.8) is 0 Å². The molecule has 19 heavy (non-hydrogen) atoms. The van der Waals surface area contributed by atoms with Crippen molar-refractivity contribution in [2.24, 2.45) is 17.8 Å². The van der Waals surface area contributed by atoms with Gasteiger partial charge in [0.05, 0.1) is 0 Å². The van der Waals surface area contributed by atoms with Gasteiger partial charge >= 0.3 is 0 Å². The lowest BCUT2D eigenvalue weighted by Crippen LogP contribution is -2.47. The zero-order valence-corrected chi connectivity index (χ0v) is 12.8. The molecule has 0 radical (unpaired) electrons. The third-order valence-electron chi connectivity index (χ3n) is 5.33. The van der Waals surface area contributed by atoms with Gasteiger partial charge in [0.2, 0.25) is 5.91 Å². The van der Waals surface area contributed by atoms with Gasteiger partial charge in [0.25, 0.3) is 0 Å². The van der Waals surface area contributed by atoms with Crippen molar-refractivity contribution < 1.29 is 4.79 Å². The molecule has 3 nitrogen and oxygen atoms in total. The van der Waals surface area contributed by atoms with E-state index in [-0.39, 0.29) is 0 Å². The van der Waals surface area contributed by atoms with Crippen molar-refractivity contribution in [3.05, 3.63) is 0 Å². The monoisotopic (exact) mass is 266 g/mol. The van der Waals surface area contributed by atoms with Gasteiger partial charge in [0, 0.05) is 19.0 Å². The predicted octanol–water partition coefficient (Wildman–Crippen LogP) is 2.66. The fraction of sp³-hybridized carbons (Fsp3) is 0.938. The van der Waals surface area contributed by atoms with E-state index in [0.29, 0.717) is 29.7 Å². The second-order valence-electron chi connectivity index (χ2n) is 6.74. The first-order chi connectivity index (χ1) is 9.09. The Kier molecular flexibility index (Phi) is 5.26. The number of nitrogens with one attached hydrogen (secondary N) is 1. The van der Waals surface area contributed by atoms with E-state index in [2.05, 4.69) is 31.0 Å². The minimum atomic E-state index is 0.386. The molecule has 2 heterocycles. The minimum Gasteiger partial charge on any atom is -0.340 e. The van der Waals surface area contributed by atoms with E-state index in [0.717, 1.165) is 26.1 Å². The van der Waals surface area contributed by atoms with E-state index < -0.39 is 0 Å². The Morgan fingerprint density at radius 2 is 2.11 bits per heavy atom. The molecular weight excluding hydrogens is 236 g/mol. The zero-order chi connectivity index (χ0) is 13.8. The third kappa shape index (κ3) is 3.71. The van der Waals surface area contributed by atoms with E-state index in [1.165, 1.54) is 25.7 Å². The standard InChI is InChI=1S/C16H30N2O/c1-12-6-5-9-18(14(12)3)16(19)10-13(2)15-7-4-8-17-11-15/h12-15,17H,4-11H2,1-3H3. The molecule has 4 atom stereocenters. The van der Waals surface area contributed by atoms with Gasteiger partial charge in [-0.3, -0.25) is 4.79 Å². The van der Waals surface area contributed by atoms with Crippen molar-refractivity contribution in [1.29, 1.82) is 0 Å². The Hall–Kier alpha value is -0.570. The number of amides is 1. The molecule has 110 valence electrons. The minimum absolute atomic E-state index is 0.386. The number of carbonyl (C=O) groups excluding carboxylic acids is 1. The van der Waals surface area contributed by atoms with Gasteiger partial charge in [0.1, 0.15) is 0 Å². The van der Waals surface area contributed by atoms with Crippen LogP contribution in [0.15, 0.2) is 0 Å². The Bertz CT molecular complexity index is 299. The summed E-state index contributed by atoms with van der Waals surface area (Å²) in [4.78, 5) is 14.7. The van der Waals surface area contributed by atoms with Gasteiger partial charge in [-0.15, -0.1) is 0 Å². The Labute approximate surface area is 118 Å². The molecule has 2 aliphatic heterocycles. The highest BCUT2D eigenvalue weighted by Crippen LogP contribution is 2.27. The number of carbonyl (C=O) groups is 1. The van der Waals surface area contributed by atoms with Crippen molar-refractivity contribution in [1.82, 2.24) is 10.2 Å². The summed E-state index contributed by atoms with van der Waals surface area (Å²) in [5.41, 5.74) is 0. The van der Waals surface area contributed by atoms with Crippen LogP contribution in [0.1, 0.15) is 52.9 Å². The van der Waals surface area contributed by atoms with Crippen LogP contribution >= 0.6 is 0 Å². The van der Waals surface area contributed by atoms with Crippen LogP contribution < -0.4 is 5.32 Å². The summed E-state index contributed by atoms with van der Waals surface area (Å²) in [7, 11) is 0. The molecule has 2 aliphatic rings. The van der Waals surface area contributed by atoms with Gasteiger partial charge < -0.3 is 10.2 Å². The normalized spacial score (nSPS) is 34.1. The molecule has 2 fully saturated rings. The summed E-state index contributed by atoms with van der Waals surface area (Å²) < 4.78 is 0. The third-order valence-corrected chi connectivity index (χ3v) is 5.33. The van der Waals surface area contributed by atoms with Crippen LogP contribution in [-0.2, 0) is 4.79 Å². The summed E-state index contributed by atoms with van der Waals surface area (Å²) in [5.74, 6) is 2.25. The number of likely N-dealkylation sites (tertiary alicyclic amines) is 1. The second kappa shape index (κ2) is 6.74. The van der Waals surface area contributed by atoms with Crippen molar-refractivity contribution in [2.45, 2.75) is 58.9 Å². The topological polar surface area (TPSA) is 32.3 Å².